The summed E-state index contributed by atoms with van der Waals surface area (Å²) >= 11 is 0. The molecular formula is C16H27NO3. The van der Waals surface area contributed by atoms with Crippen molar-refractivity contribution in [2.45, 2.75) is 64.8 Å². The number of carbonyl (C=O) groups is 2. The van der Waals surface area contributed by atoms with E-state index in [9.17, 15) is 14.7 Å². The number of carbonyl (C=O) groups excluding carboxylic acids is 1. The number of hydrogen-bond donors (Lipinski definition) is 2. The molecule has 2 rings (SSSR count). The second kappa shape index (κ2) is 6.59. The lowest BCUT2D eigenvalue weighted by atomic mass is 9.76. The first-order valence-electron chi connectivity index (χ1n) is 8.04. The van der Waals surface area contributed by atoms with E-state index in [1.807, 2.05) is 0 Å². The van der Waals surface area contributed by atoms with Gasteiger partial charge in [-0.3, -0.25) is 9.59 Å². The number of carboxylic acids is 1. The minimum Gasteiger partial charge on any atom is -0.481 e. The van der Waals surface area contributed by atoms with Crippen LogP contribution in [0.25, 0.3) is 0 Å². The molecule has 0 aliphatic heterocycles. The average Bonchev–Trinajstić information content (AvgIpc) is 2.43. The lowest BCUT2D eigenvalue weighted by molar-refractivity contribution is -0.149. The van der Waals surface area contributed by atoms with Crippen molar-refractivity contribution in [1.29, 1.82) is 0 Å². The fourth-order valence-electron chi connectivity index (χ4n) is 3.82. The maximum absolute atomic E-state index is 12.5. The van der Waals surface area contributed by atoms with Gasteiger partial charge in [0.25, 0.3) is 0 Å². The van der Waals surface area contributed by atoms with Crippen LogP contribution in [-0.4, -0.2) is 23.0 Å². The van der Waals surface area contributed by atoms with Crippen LogP contribution in [-0.2, 0) is 9.59 Å². The van der Waals surface area contributed by atoms with E-state index >= 15 is 0 Å². The molecule has 0 bridgehead atoms. The first kappa shape index (κ1) is 15.3. The van der Waals surface area contributed by atoms with Crippen molar-refractivity contribution in [2.75, 3.05) is 0 Å². The molecule has 2 saturated carbocycles. The van der Waals surface area contributed by atoms with Gasteiger partial charge in [0.2, 0.25) is 5.91 Å². The minimum atomic E-state index is -0.810. The largest absolute Gasteiger partial charge is 0.481 e. The molecule has 2 aliphatic carbocycles. The van der Waals surface area contributed by atoms with E-state index in [-0.39, 0.29) is 17.9 Å². The maximum atomic E-state index is 12.5. The smallest absolute Gasteiger partial charge is 0.307 e. The molecule has 0 heterocycles. The van der Waals surface area contributed by atoms with Crippen LogP contribution < -0.4 is 5.32 Å². The van der Waals surface area contributed by atoms with Crippen LogP contribution in [0.4, 0.5) is 0 Å². The number of nitrogens with one attached hydrogen (secondary N) is 1. The molecule has 1 amide bonds. The highest BCUT2D eigenvalue weighted by Gasteiger charge is 2.37. The van der Waals surface area contributed by atoms with Crippen molar-refractivity contribution in [3.63, 3.8) is 0 Å². The third-order valence-corrected chi connectivity index (χ3v) is 5.45. The van der Waals surface area contributed by atoms with E-state index in [1.165, 1.54) is 6.42 Å². The fraction of sp³-hybridized carbons (Fsp3) is 0.875. The Balaban J connectivity index is 1.97. The van der Waals surface area contributed by atoms with Crippen molar-refractivity contribution in [3.05, 3.63) is 0 Å². The molecule has 0 radical (unpaired) electrons. The zero-order valence-electron chi connectivity index (χ0n) is 12.6. The van der Waals surface area contributed by atoms with E-state index in [2.05, 4.69) is 19.2 Å². The first-order valence-corrected chi connectivity index (χ1v) is 8.04. The molecule has 0 aromatic carbocycles. The lowest BCUT2D eigenvalue weighted by Crippen LogP contribution is -2.48. The Morgan fingerprint density at radius 1 is 0.950 bits per heavy atom. The first-order chi connectivity index (χ1) is 9.50. The van der Waals surface area contributed by atoms with Gasteiger partial charge in [-0.15, -0.1) is 0 Å². The molecule has 5 atom stereocenters. The van der Waals surface area contributed by atoms with Crippen molar-refractivity contribution in [1.82, 2.24) is 5.32 Å². The highest BCUT2D eigenvalue weighted by Crippen LogP contribution is 2.33. The number of carboxylic acid groups (broad SMARTS) is 1. The summed E-state index contributed by atoms with van der Waals surface area (Å²) in [5.74, 6) is -0.529. The molecule has 0 unspecified atom stereocenters. The Labute approximate surface area is 121 Å². The molecule has 20 heavy (non-hydrogen) atoms. The second-order valence-electron chi connectivity index (χ2n) is 6.72. The van der Waals surface area contributed by atoms with E-state index < -0.39 is 11.9 Å². The maximum Gasteiger partial charge on any atom is 0.307 e. The van der Waals surface area contributed by atoms with Gasteiger partial charge in [-0.05, 0) is 31.1 Å². The van der Waals surface area contributed by atoms with Crippen LogP contribution >= 0.6 is 0 Å². The predicted octanol–water partition coefficient (Wildman–Crippen LogP) is 2.82. The Morgan fingerprint density at radius 2 is 1.60 bits per heavy atom. The van der Waals surface area contributed by atoms with Gasteiger partial charge < -0.3 is 10.4 Å². The van der Waals surface area contributed by atoms with Gasteiger partial charge in [0.1, 0.15) is 0 Å². The summed E-state index contributed by atoms with van der Waals surface area (Å²) in [5, 5.41) is 12.4. The Morgan fingerprint density at radius 3 is 2.25 bits per heavy atom. The topological polar surface area (TPSA) is 66.4 Å². The van der Waals surface area contributed by atoms with E-state index in [0.29, 0.717) is 18.3 Å². The summed E-state index contributed by atoms with van der Waals surface area (Å²) < 4.78 is 0. The van der Waals surface area contributed by atoms with Crippen LogP contribution in [0.3, 0.4) is 0 Å². The summed E-state index contributed by atoms with van der Waals surface area (Å²) in [6, 6.07) is 0.225. The summed E-state index contributed by atoms with van der Waals surface area (Å²) in [4.78, 5) is 23.8. The van der Waals surface area contributed by atoms with Gasteiger partial charge >= 0.3 is 5.97 Å². The molecule has 0 spiro atoms. The van der Waals surface area contributed by atoms with Gasteiger partial charge in [0, 0.05) is 6.04 Å². The summed E-state index contributed by atoms with van der Waals surface area (Å²) in [5.41, 5.74) is 0. The molecule has 2 aliphatic rings. The summed E-state index contributed by atoms with van der Waals surface area (Å²) in [6.45, 7) is 4.44. The fourth-order valence-corrected chi connectivity index (χ4v) is 3.82. The highest BCUT2D eigenvalue weighted by molar-refractivity contribution is 5.85. The van der Waals surface area contributed by atoms with Crippen molar-refractivity contribution < 1.29 is 14.7 Å². The number of amides is 1. The zero-order chi connectivity index (χ0) is 14.7. The standard InChI is InChI=1S/C16H27NO3/c1-10-6-5-9-14(11(10)2)17-15(18)12-7-3-4-8-13(12)16(19)20/h10-14H,3-9H2,1-2H3,(H,17,18)(H,19,20)/t10-,11-,12-,13+,14+/m1/s1. The van der Waals surface area contributed by atoms with Crippen LogP contribution in [0.2, 0.25) is 0 Å². The Kier molecular flexibility index (Phi) is 5.06. The van der Waals surface area contributed by atoms with Crippen molar-refractivity contribution in [2.24, 2.45) is 23.7 Å². The lowest BCUT2D eigenvalue weighted by Gasteiger charge is -2.36. The van der Waals surface area contributed by atoms with Crippen molar-refractivity contribution >= 4 is 11.9 Å². The summed E-state index contributed by atoms with van der Waals surface area (Å²) in [7, 11) is 0. The number of aliphatic carboxylic acids is 1. The normalized spacial score (nSPS) is 38.2. The second-order valence-corrected chi connectivity index (χ2v) is 6.72. The zero-order valence-corrected chi connectivity index (χ0v) is 12.6. The molecule has 0 aromatic rings. The van der Waals surface area contributed by atoms with Gasteiger partial charge in [0.05, 0.1) is 11.8 Å². The van der Waals surface area contributed by atoms with Gasteiger partial charge in [0.15, 0.2) is 0 Å². The third-order valence-electron chi connectivity index (χ3n) is 5.45. The SMILES string of the molecule is C[C@@H]1[C@H](C)CCC[C@@H]1NC(=O)[C@@H]1CCCC[C@@H]1C(=O)O. The quantitative estimate of drug-likeness (QED) is 0.836. The molecule has 2 fully saturated rings. The van der Waals surface area contributed by atoms with E-state index in [1.54, 1.807) is 0 Å². The van der Waals surface area contributed by atoms with Gasteiger partial charge in [-0.25, -0.2) is 0 Å². The Hall–Kier alpha value is -1.06. The average molecular weight is 281 g/mol. The van der Waals surface area contributed by atoms with Crippen LogP contribution in [0.5, 0.6) is 0 Å². The van der Waals surface area contributed by atoms with Crippen LogP contribution in [0.1, 0.15) is 58.8 Å². The van der Waals surface area contributed by atoms with Crippen LogP contribution in [0.15, 0.2) is 0 Å². The molecule has 2 N–H and O–H groups in total. The molecule has 0 saturated heterocycles. The molecular weight excluding hydrogens is 254 g/mol. The van der Waals surface area contributed by atoms with Gasteiger partial charge in [-0.2, -0.15) is 0 Å². The minimum absolute atomic E-state index is 0.0250. The third kappa shape index (κ3) is 3.33. The monoisotopic (exact) mass is 281 g/mol. The van der Waals surface area contributed by atoms with Crippen LogP contribution in [0, 0.1) is 23.7 Å². The number of rotatable bonds is 3. The van der Waals surface area contributed by atoms with E-state index in [4.69, 9.17) is 0 Å². The highest BCUT2D eigenvalue weighted by atomic mass is 16.4. The molecule has 0 aromatic heterocycles. The molecule has 114 valence electrons. The predicted molar refractivity (Wildman–Crippen MR) is 77.2 cm³/mol. The summed E-state index contributed by atoms with van der Waals surface area (Å²) in [6.07, 6.45) is 6.68. The molecule has 4 nitrogen and oxygen atoms in total. The van der Waals surface area contributed by atoms with E-state index in [0.717, 1.165) is 32.1 Å². The molecule has 4 heteroatoms. The number of hydrogen-bond acceptors (Lipinski definition) is 2. The van der Waals surface area contributed by atoms with Crippen molar-refractivity contribution in [3.8, 4) is 0 Å². The van der Waals surface area contributed by atoms with Gasteiger partial charge in [-0.1, -0.05) is 39.5 Å². The Bertz CT molecular complexity index is 369.